The van der Waals surface area contributed by atoms with Gasteiger partial charge in [0.2, 0.25) is 0 Å². The van der Waals surface area contributed by atoms with Crippen LogP contribution in [0.2, 0.25) is 0 Å². The Morgan fingerprint density at radius 2 is 1.61 bits per heavy atom. The van der Waals surface area contributed by atoms with Crippen LogP contribution in [0.15, 0.2) is 23.3 Å². The summed E-state index contributed by atoms with van der Waals surface area (Å²) in [5.41, 5.74) is 2.32. The van der Waals surface area contributed by atoms with Crippen molar-refractivity contribution in [3.05, 3.63) is 23.3 Å². The summed E-state index contributed by atoms with van der Waals surface area (Å²) in [6.45, 7) is 16.5. The van der Waals surface area contributed by atoms with Crippen molar-refractivity contribution in [2.24, 2.45) is 50.7 Å². The molecule has 36 heavy (non-hydrogen) atoms. The number of ketones is 1. The van der Waals surface area contributed by atoms with Crippen LogP contribution >= 0.6 is 0 Å². The first-order valence-corrected chi connectivity index (χ1v) is 14.5. The molecule has 0 unspecified atom stereocenters. The Balaban J connectivity index is 1.61. The largest absolute Gasteiger partial charge is 0.478 e. The van der Waals surface area contributed by atoms with E-state index in [1.807, 2.05) is 6.08 Å². The monoisotopic (exact) mass is 496 g/mol. The highest BCUT2D eigenvalue weighted by atomic mass is 16.4. The Labute approximate surface area is 218 Å². The molecule has 4 nitrogen and oxygen atoms in total. The van der Waals surface area contributed by atoms with Crippen molar-refractivity contribution in [1.29, 1.82) is 0 Å². The second-order valence-corrected chi connectivity index (χ2v) is 14.9. The van der Waals surface area contributed by atoms with Gasteiger partial charge in [-0.2, -0.15) is 0 Å². The van der Waals surface area contributed by atoms with Gasteiger partial charge in [-0.3, -0.25) is 4.79 Å². The zero-order valence-corrected chi connectivity index (χ0v) is 23.6. The van der Waals surface area contributed by atoms with Crippen LogP contribution in [0, 0.1) is 50.7 Å². The Hall–Kier alpha value is -1.42. The summed E-state index contributed by atoms with van der Waals surface area (Å²) in [6, 6.07) is 0. The van der Waals surface area contributed by atoms with Gasteiger partial charge in [0.25, 0.3) is 0 Å². The van der Waals surface area contributed by atoms with Gasteiger partial charge in [-0.25, -0.2) is 4.79 Å². The lowest BCUT2D eigenvalue weighted by Gasteiger charge is -2.72. The number of Topliss-reactive ketones (excluding diaryl/α,β-unsaturated/α-hetero) is 1. The zero-order chi connectivity index (χ0) is 26.5. The molecule has 0 heterocycles. The number of rotatable bonds is 3. The molecule has 0 aromatic heterocycles. The first-order chi connectivity index (χ1) is 16.6. The molecule has 0 aromatic rings. The topological polar surface area (TPSA) is 74.6 Å². The third kappa shape index (κ3) is 3.21. The molecular weight excluding hydrogens is 448 g/mol. The average molecular weight is 497 g/mol. The number of aliphatic hydroxyl groups is 1. The number of hydrogen-bond acceptors (Lipinski definition) is 3. The fraction of sp³-hybridized carbons (Fsp3) is 0.812. The molecule has 0 radical (unpaired) electrons. The van der Waals surface area contributed by atoms with Crippen LogP contribution in [0.3, 0.4) is 0 Å². The van der Waals surface area contributed by atoms with Crippen LogP contribution in [-0.2, 0) is 9.59 Å². The molecule has 0 amide bonds. The van der Waals surface area contributed by atoms with Crippen molar-refractivity contribution in [2.75, 3.05) is 0 Å². The second-order valence-electron chi connectivity index (χ2n) is 14.9. The normalized spacial score (nSPS) is 48.0. The van der Waals surface area contributed by atoms with Crippen molar-refractivity contribution < 1.29 is 19.8 Å². The molecule has 0 saturated heterocycles. The van der Waals surface area contributed by atoms with Crippen molar-refractivity contribution in [3.63, 3.8) is 0 Å². The van der Waals surface area contributed by atoms with Crippen LogP contribution in [0.5, 0.6) is 0 Å². The van der Waals surface area contributed by atoms with E-state index in [1.165, 1.54) is 18.1 Å². The summed E-state index contributed by atoms with van der Waals surface area (Å²) in [5.74, 6) is 0.953. The molecule has 200 valence electrons. The van der Waals surface area contributed by atoms with Crippen LogP contribution in [0.25, 0.3) is 0 Å². The predicted molar refractivity (Wildman–Crippen MR) is 142 cm³/mol. The molecule has 8 atom stereocenters. The number of fused-ring (bicyclic) bond motifs is 7. The van der Waals surface area contributed by atoms with E-state index in [4.69, 9.17) is 0 Å². The van der Waals surface area contributed by atoms with Gasteiger partial charge in [-0.05, 0) is 108 Å². The van der Waals surface area contributed by atoms with E-state index in [-0.39, 0.29) is 39.5 Å². The number of allylic oxidation sites excluding steroid dienone is 3. The molecule has 5 rings (SSSR count). The summed E-state index contributed by atoms with van der Waals surface area (Å²) in [4.78, 5) is 25.0. The third-order valence-electron chi connectivity index (χ3n) is 13.0. The lowest BCUT2D eigenvalue weighted by molar-refractivity contribution is -0.227. The SMILES string of the molecule is CC(C)C1=C2[C@H]3CC[C@@H]4[C@@]5(C)CC[C@H](O)C(C)(C)[C@@H]5CC[C@@]4(C)[C@]3(C)CC[C@@]2(/C=C/C(=O)O)CC1=O. The highest BCUT2D eigenvalue weighted by Crippen LogP contribution is 2.76. The van der Waals surface area contributed by atoms with Gasteiger partial charge in [-0.15, -0.1) is 0 Å². The molecule has 4 saturated carbocycles. The summed E-state index contributed by atoms with van der Waals surface area (Å²) < 4.78 is 0. The second kappa shape index (κ2) is 8.04. The molecule has 5 aliphatic rings. The maximum atomic E-state index is 13.5. The average Bonchev–Trinajstić information content (AvgIpc) is 3.08. The Morgan fingerprint density at radius 3 is 2.25 bits per heavy atom. The molecule has 4 heteroatoms. The minimum Gasteiger partial charge on any atom is -0.478 e. The van der Waals surface area contributed by atoms with E-state index in [2.05, 4.69) is 48.5 Å². The van der Waals surface area contributed by atoms with Crippen LogP contribution < -0.4 is 0 Å². The standard InChI is InChI=1S/C32H48O4/c1-19(2)26-21(33)18-32(15-12-25(35)36)17-16-30(6)20(27(26)32)8-9-23-29(5)13-11-24(34)28(3,4)22(29)10-14-31(23,30)7/h12,15,19-20,22-24,34H,8-11,13-14,16-18H2,1-7H3,(H,35,36)/b15-12+/t20-,22+,23-,24+,29+,30-,31-,32+/m1/s1. The van der Waals surface area contributed by atoms with Gasteiger partial charge in [0.05, 0.1) is 6.10 Å². The summed E-state index contributed by atoms with van der Waals surface area (Å²) in [7, 11) is 0. The van der Waals surface area contributed by atoms with Crippen molar-refractivity contribution >= 4 is 11.8 Å². The number of carboxylic acid groups (broad SMARTS) is 1. The lowest BCUT2D eigenvalue weighted by Crippen LogP contribution is -2.65. The van der Waals surface area contributed by atoms with Gasteiger partial charge < -0.3 is 10.2 Å². The van der Waals surface area contributed by atoms with Gasteiger partial charge in [0.15, 0.2) is 5.78 Å². The lowest BCUT2D eigenvalue weighted by atomic mass is 9.33. The van der Waals surface area contributed by atoms with Gasteiger partial charge in [0, 0.05) is 17.9 Å². The molecule has 4 fully saturated rings. The molecule has 0 aliphatic heterocycles. The number of carbonyl (C=O) groups is 2. The molecule has 2 N–H and O–H groups in total. The number of carbonyl (C=O) groups excluding carboxylic acids is 1. The fourth-order valence-electron chi connectivity index (χ4n) is 11.1. The van der Waals surface area contributed by atoms with E-state index in [0.29, 0.717) is 24.2 Å². The first-order valence-electron chi connectivity index (χ1n) is 14.5. The minimum atomic E-state index is -0.925. The molecule has 0 bridgehead atoms. The fourth-order valence-corrected chi connectivity index (χ4v) is 11.1. The van der Waals surface area contributed by atoms with E-state index in [9.17, 15) is 19.8 Å². The molecule has 5 aliphatic carbocycles. The number of hydrogen-bond donors (Lipinski definition) is 2. The highest BCUT2D eigenvalue weighted by Gasteiger charge is 2.69. The van der Waals surface area contributed by atoms with Gasteiger partial charge in [0.1, 0.15) is 0 Å². The van der Waals surface area contributed by atoms with E-state index in [0.717, 1.165) is 50.5 Å². The molecule has 0 aromatic carbocycles. The van der Waals surface area contributed by atoms with E-state index < -0.39 is 11.4 Å². The van der Waals surface area contributed by atoms with Crippen molar-refractivity contribution in [1.82, 2.24) is 0 Å². The Kier molecular flexibility index (Phi) is 5.85. The Morgan fingerprint density at radius 1 is 0.917 bits per heavy atom. The third-order valence-corrected chi connectivity index (χ3v) is 13.0. The molecular formula is C32H48O4. The van der Waals surface area contributed by atoms with Crippen molar-refractivity contribution in [3.8, 4) is 0 Å². The first kappa shape index (κ1) is 26.2. The Bertz CT molecular complexity index is 1030. The van der Waals surface area contributed by atoms with E-state index >= 15 is 0 Å². The van der Waals surface area contributed by atoms with Crippen LogP contribution in [0.4, 0.5) is 0 Å². The number of aliphatic hydroxyl groups excluding tert-OH is 1. The predicted octanol–water partition coefficient (Wildman–Crippen LogP) is 6.97. The summed E-state index contributed by atoms with van der Waals surface area (Å²) in [5, 5.41) is 20.4. The maximum absolute atomic E-state index is 13.5. The van der Waals surface area contributed by atoms with Gasteiger partial charge in [-0.1, -0.05) is 54.5 Å². The number of carboxylic acids is 1. The van der Waals surface area contributed by atoms with E-state index in [1.54, 1.807) is 0 Å². The zero-order valence-electron chi connectivity index (χ0n) is 23.6. The quantitative estimate of drug-likeness (QED) is 0.414. The number of aliphatic carboxylic acids is 1. The summed E-state index contributed by atoms with van der Waals surface area (Å²) >= 11 is 0. The highest BCUT2D eigenvalue weighted by molar-refractivity contribution is 6.01. The minimum absolute atomic E-state index is 0.0549. The van der Waals surface area contributed by atoms with Gasteiger partial charge >= 0.3 is 5.97 Å². The summed E-state index contributed by atoms with van der Waals surface area (Å²) in [6.07, 6.45) is 11.9. The van der Waals surface area contributed by atoms with Crippen molar-refractivity contribution in [2.45, 2.75) is 112 Å². The van der Waals surface area contributed by atoms with Crippen LogP contribution in [0.1, 0.15) is 106 Å². The molecule has 0 spiro atoms. The van der Waals surface area contributed by atoms with Crippen LogP contribution in [-0.4, -0.2) is 28.1 Å². The smallest absolute Gasteiger partial charge is 0.328 e. The maximum Gasteiger partial charge on any atom is 0.328 e.